The van der Waals surface area contributed by atoms with Gasteiger partial charge < -0.3 is 4.74 Å². The van der Waals surface area contributed by atoms with Crippen LogP contribution in [0, 0.1) is 0 Å². The minimum absolute atomic E-state index is 0.205. The van der Waals surface area contributed by atoms with E-state index in [4.69, 9.17) is 4.74 Å². The molecule has 0 aliphatic rings. The maximum Gasteiger partial charge on any atom is 0.122 e. The van der Waals surface area contributed by atoms with Gasteiger partial charge in [-0.05, 0) is 26.1 Å². The number of rotatable bonds is 5. The van der Waals surface area contributed by atoms with Gasteiger partial charge in [-0.3, -0.25) is 9.88 Å². The van der Waals surface area contributed by atoms with Gasteiger partial charge in [-0.15, -0.1) is 0 Å². The highest BCUT2D eigenvalue weighted by molar-refractivity contribution is 5.22. The summed E-state index contributed by atoms with van der Waals surface area (Å²) in [5.74, 6) is 0.827. The Hall–Kier alpha value is -2.01. The summed E-state index contributed by atoms with van der Waals surface area (Å²) in [6.45, 7) is 2.85. The molecule has 2 rings (SSSR count). The van der Waals surface area contributed by atoms with Crippen LogP contribution in [-0.4, -0.2) is 34.0 Å². The van der Waals surface area contributed by atoms with E-state index in [-0.39, 0.29) is 6.04 Å². The zero-order valence-corrected chi connectivity index (χ0v) is 11.4. The molecule has 5 nitrogen and oxygen atoms in total. The van der Waals surface area contributed by atoms with Gasteiger partial charge in [-0.2, -0.15) is 0 Å². The van der Waals surface area contributed by atoms with E-state index in [1.807, 2.05) is 25.2 Å². The highest BCUT2D eigenvalue weighted by atomic mass is 16.5. The third-order valence-electron chi connectivity index (χ3n) is 3.13. The molecule has 0 spiro atoms. The van der Waals surface area contributed by atoms with Gasteiger partial charge in [0, 0.05) is 31.0 Å². The van der Waals surface area contributed by atoms with Crippen molar-refractivity contribution in [2.45, 2.75) is 19.5 Å². The quantitative estimate of drug-likeness (QED) is 0.821. The molecule has 0 N–H and O–H groups in total. The fourth-order valence-electron chi connectivity index (χ4n) is 1.84. The lowest BCUT2D eigenvalue weighted by Crippen LogP contribution is -2.23. The van der Waals surface area contributed by atoms with Gasteiger partial charge in [0.05, 0.1) is 18.5 Å². The Morgan fingerprint density at radius 2 is 2.11 bits per heavy atom. The van der Waals surface area contributed by atoms with Gasteiger partial charge in [0.1, 0.15) is 12.1 Å². The summed E-state index contributed by atoms with van der Waals surface area (Å²) >= 11 is 0. The van der Waals surface area contributed by atoms with E-state index in [9.17, 15) is 0 Å². The first-order valence-electron chi connectivity index (χ1n) is 6.15. The number of methoxy groups -OCH3 is 1. The molecule has 0 amide bonds. The molecular weight excluding hydrogens is 240 g/mol. The summed E-state index contributed by atoms with van der Waals surface area (Å²) in [6, 6.07) is 5.93. The summed E-state index contributed by atoms with van der Waals surface area (Å²) in [4.78, 5) is 14.7. The number of aromatic nitrogens is 3. The van der Waals surface area contributed by atoms with Crippen molar-refractivity contribution in [1.29, 1.82) is 0 Å². The normalized spacial score (nSPS) is 12.4. The van der Waals surface area contributed by atoms with E-state index in [0.29, 0.717) is 0 Å². The van der Waals surface area contributed by atoms with Crippen molar-refractivity contribution in [3.63, 3.8) is 0 Å². The van der Waals surface area contributed by atoms with Crippen molar-refractivity contribution in [2.75, 3.05) is 14.2 Å². The van der Waals surface area contributed by atoms with E-state index in [0.717, 1.165) is 23.7 Å². The largest absolute Gasteiger partial charge is 0.497 e. The van der Waals surface area contributed by atoms with Crippen LogP contribution in [0.25, 0.3) is 0 Å². The fourth-order valence-corrected chi connectivity index (χ4v) is 1.84. The predicted octanol–water partition coefficient (Wildman–Crippen LogP) is 2.07. The van der Waals surface area contributed by atoms with Crippen LogP contribution in [-0.2, 0) is 6.54 Å². The summed E-state index contributed by atoms with van der Waals surface area (Å²) in [5.41, 5.74) is 1.98. The zero-order valence-electron chi connectivity index (χ0n) is 11.4. The number of hydrogen-bond acceptors (Lipinski definition) is 5. The van der Waals surface area contributed by atoms with Crippen LogP contribution >= 0.6 is 0 Å². The Kier molecular flexibility index (Phi) is 4.41. The number of pyridine rings is 1. The van der Waals surface area contributed by atoms with Gasteiger partial charge in [-0.1, -0.05) is 0 Å². The Morgan fingerprint density at radius 3 is 2.79 bits per heavy atom. The molecule has 2 aromatic rings. The highest BCUT2D eigenvalue weighted by Gasteiger charge is 2.13. The Balaban J connectivity index is 2.06. The molecule has 0 unspecified atom stereocenters. The van der Waals surface area contributed by atoms with Gasteiger partial charge in [-0.25, -0.2) is 9.97 Å². The molecule has 0 saturated heterocycles. The molecule has 0 aliphatic heterocycles. The maximum atomic E-state index is 5.20. The third-order valence-corrected chi connectivity index (χ3v) is 3.13. The van der Waals surface area contributed by atoms with Crippen molar-refractivity contribution in [1.82, 2.24) is 19.9 Å². The summed E-state index contributed by atoms with van der Waals surface area (Å²) < 4.78 is 5.20. The van der Waals surface area contributed by atoms with Gasteiger partial charge >= 0.3 is 0 Å². The van der Waals surface area contributed by atoms with Gasteiger partial charge in [0.2, 0.25) is 0 Å². The van der Waals surface area contributed by atoms with Crippen LogP contribution in [0.1, 0.15) is 24.4 Å². The number of ether oxygens (including phenoxy) is 1. The molecule has 1 atom stereocenters. The molecule has 0 fully saturated rings. The fraction of sp³-hybridized carbons (Fsp3) is 0.357. The second kappa shape index (κ2) is 6.24. The molecule has 0 saturated carbocycles. The average molecular weight is 258 g/mol. The SMILES string of the molecule is COc1ccnc(CN(C)[C@H](C)c2ccncn2)c1. The van der Waals surface area contributed by atoms with Crippen LogP contribution in [0.2, 0.25) is 0 Å². The van der Waals surface area contributed by atoms with E-state index in [2.05, 4.69) is 26.8 Å². The Labute approximate surface area is 113 Å². The van der Waals surface area contributed by atoms with Crippen LogP contribution in [0.4, 0.5) is 0 Å². The molecule has 0 aromatic carbocycles. The standard InChI is InChI=1S/C14H18N4O/c1-11(14-5-6-15-10-17-14)18(2)9-12-8-13(19-3)4-7-16-12/h4-8,10-11H,9H2,1-3H3/t11-/m1/s1. The molecular formula is C14H18N4O. The minimum atomic E-state index is 0.205. The Morgan fingerprint density at radius 1 is 1.26 bits per heavy atom. The third kappa shape index (κ3) is 3.48. The molecule has 5 heteroatoms. The van der Waals surface area contributed by atoms with Crippen molar-refractivity contribution < 1.29 is 4.74 Å². The molecule has 0 bridgehead atoms. The molecule has 0 aliphatic carbocycles. The Bertz CT molecular complexity index is 518. The minimum Gasteiger partial charge on any atom is -0.497 e. The van der Waals surface area contributed by atoms with Crippen molar-refractivity contribution in [3.8, 4) is 5.75 Å². The first kappa shape index (κ1) is 13.4. The van der Waals surface area contributed by atoms with Crippen LogP contribution in [0.15, 0.2) is 36.9 Å². The van der Waals surface area contributed by atoms with Crippen LogP contribution in [0.3, 0.4) is 0 Å². The van der Waals surface area contributed by atoms with Crippen LogP contribution < -0.4 is 4.74 Å². The lowest BCUT2D eigenvalue weighted by atomic mass is 10.2. The van der Waals surface area contributed by atoms with E-state index < -0.39 is 0 Å². The van der Waals surface area contributed by atoms with E-state index in [1.165, 1.54) is 0 Å². The zero-order chi connectivity index (χ0) is 13.7. The summed E-state index contributed by atoms with van der Waals surface area (Å²) in [7, 11) is 3.71. The lowest BCUT2D eigenvalue weighted by molar-refractivity contribution is 0.245. The second-order valence-corrected chi connectivity index (χ2v) is 4.41. The topological polar surface area (TPSA) is 51.1 Å². The molecule has 0 radical (unpaired) electrons. The second-order valence-electron chi connectivity index (χ2n) is 4.41. The predicted molar refractivity (Wildman–Crippen MR) is 72.7 cm³/mol. The first-order valence-corrected chi connectivity index (χ1v) is 6.15. The first-order chi connectivity index (χ1) is 9.20. The number of nitrogens with zero attached hydrogens (tertiary/aromatic N) is 4. The van der Waals surface area contributed by atoms with Crippen LogP contribution in [0.5, 0.6) is 5.75 Å². The van der Waals surface area contributed by atoms with E-state index >= 15 is 0 Å². The molecule has 2 heterocycles. The average Bonchev–Trinajstić information content (AvgIpc) is 2.47. The smallest absolute Gasteiger partial charge is 0.122 e. The van der Waals surface area contributed by atoms with Gasteiger partial charge in [0.25, 0.3) is 0 Å². The molecule has 2 aromatic heterocycles. The lowest BCUT2D eigenvalue weighted by Gasteiger charge is -2.23. The van der Waals surface area contributed by atoms with Gasteiger partial charge in [0.15, 0.2) is 0 Å². The van der Waals surface area contributed by atoms with Crippen molar-refractivity contribution >= 4 is 0 Å². The van der Waals surface area contributed by atoms with E-state index in [1.54, 1.807) is 25.8 Å². The van der Waals surface area contributed by atoms with Crippen molar-refractivity contribution in [3.05, 3.63) is 48.3 Å². The summed E-state index contributed by atoms with van der Waals surface area (Å²) in [5, 5.41) is 0. The number of hydrogen-bond donors (Lipinski definition) is 0. The maximum absolute atomic E-state index is 5.20. The molecule has 19 heavy (non-hydrogen) atoms. The summed E-state index contributed by atoms with van der Waals surface area (Å²) in [6.07, 6.45) is 5.09. The van der Waals surface area contributed by atoms with Crippen molar-refractivity contribution in [2.24, 2.45) is 0 Å². The monoisotopic (exact) mass is 258 g/mol. The highest BCUT2D eigenvalue weighted by Crippen LogP contribution is 2.18. The molecule has 100 valence electrons.